The van der Waals surface area contributed by atoms with E-state index >= 15 is 0 Å². The van der Waals surface area contributed by atoms with E-state index in [2.05, 4.69) is 12.2 Å². The second-order valence-electron chi connectivity index (χ2n) is 4.74. The van der Waals surface area contributed by atoms with E-state index in [4.69, 9.17) is 4.74 Å². The lowest BCUT2D eigenvalue weighted by Crippen LogP contribution is -2.17. The number of hydrogen-bond acceptors (Lipinski definition) is 2. The Morgan fingerprint density at radius 3 is 2.52 bits per heavy atom. The number of ether oxygens (including phenoxy) is 1. The van der Waals surface area contributed by atoms with Crippen LogP contribution in [-0.4, -0.2) is 13.1 Å². The van der Waals surface area contributed by atoms with E-state index in [9.17, 15) is 8.78 Å². The molecule has 0 bridgehead atoms. The third-order valence-electron chi connectivity index (χ3n) is 3.22. The van der Waals surface area contributed by atoms with Crippen molar-refractivity contribution in [2.24, 2.45) is 0 Å². The molecule has 1 N–H and O–H groups in total. The molecule has 0 radical (unpaired) electrons. The Balaban J connectivity index is 2.02. The summed E-state index contributed by atoms with van der Waals surface area (Å²) in [6.07, 6.45) is 0.888. The van der Waals surface area contributed by atoms with E-state index in [1.165, 1.54) is 17.7 Å². The molecule has 112 valence electrons. The predicted octanol–water partition coefficient (Wildman–Crippen LogP) is 3.70. The van der Waals surface area contributed by atoms with Gasteiger partial charge in [-0.25, -0.2) is 8.78 Å². The van der Waals surface area contributed by atoms with E-state index in [1.807, 2.05) is 24.3 Å². The molecule has 0 aliphatic rings. The highest BCUT2D eigenvalue weighted by molar-refractivity contribution is 5.29. The molecule has 21 heavy (non-hydrogen) atoms. The van der Waals surface area contributed by atoms with Crippen LogP contribution >= 0.6 is 0 Å². The molecule has 0 heterocycles. The first kappa shape index (κ1) is 15.4. The van der Waals surface area contributed by atoms with Crippen LogP contribution in [0.5, 0.6) is 5.75 Å². The zero-order valence-electron chi connectivity index (χ0n) is 12.0. The zero-order valence-corrected chi connectivity index (χ0v) is 12.0. The molecular weight excluding hydrogens is 272 g/mol. The summed E-state index contributed by atoms with van der Waals surface area (Å²) in [4.78, 5) is 0. The van der Waals surface area contributed by atoms with Crippen molar-refractivity contribution in [2.75, 3.05) is 13.1 Å². The summed E-state index contributed by atoms with van der Waals surface area (Å²) in [7, 11) is 0. The Bertz CT molecular complexity index is 587. The van der Waals surface area contributed by atoms with E-state index in [0.29, 0.717) is 0 Å². The van der Waals surface area contributed by atoms with Gasteiger partial charge >= 0.3 is 0 Å². The fourth-order valence-electron chi connectivity index (χ4n) is 2.09. The van der Waals surface area contributed by atoms with Gasteiger partial charge in [0.2, 0.25) is 0 Å². The van der Waals surface area contributed by atoms with Crippen molar-refractivity contribution in [3.05, 3.63) is 65.2 Å². The Labute approximate surface area is 123 Å². The van der Waals surface area contributed by atoms with Gasteiger partial charge < -0.3 is 10.1 Å². The number of likely N-dealkylation sites (N-methyl/N-ethyl adjacent to an activating group) is 1. The summed E-state index contributed by atoms with van der Waals surface area (Å²) in [6, 6.07) is 11.2. The van der Waals surface area contributed by atoms with Gasteiger partial charge in [0.15, 0.2) is 11.6 Å². The number of hydrogen-bond donors (Lipinski definition) is 1. The first-order valence-corrected chi connectivity index (χ1v) is 7.06. The molecule has 0 spiro atoms. The molecule has 0 unspecified atom stereocenters. The van der Waals surface area contributed by atoms with Crippen LogP contribution in [0.25, 0.3) is 0 Å². The van der Waals surface area contributed by atoms with Crippen LogP contribution in [0.2, 0.25) is 0 Å². The number of nitrogens with one attached hydrogen (secondary N) is 1. The first-order chi connectivity index (χ1) is 10.2. The minimum Gasteiger partial charge on any atom is -0.486 e. The van der Waals surface area contributed by atoms with Crippen molar-refractivity contribution < 1.29 is 13.5 Å². The van der Waals surface area contributed by atoms with Gasteiger partial charge in [-0.15, -0.1) is 0 Å². The van der Waals surface area contributed by atoms with Gasteiger partial charge in [0.1, 0.15) is 12.4 Å². The van der Waals surface area contributed by atoms with Gasteiger partial charge in [-0.1, -0.05) is 31.2 Å². The van der Waals surface area contributed by atoms with E-state index in [0.717, 1.165) is 31.1 Å². The third kappa shape index (κ3) is 4.53. The van der Waals surface area contributed by atoms with Crippen LogP contribution in [0.1, 0.15) is 18.1 Å². The van der Waals surface area contributed by atoms with Gasteiger partial charge in [0.05, 0.1) is 0 Å². The molecule has 0 aliphatic carbocycles. The maximum Gasteiger partial charge on any atom is 0.167 e. The summed E-state index contributed by atoms with van der Waals surface area (Å²) < 4.78 is 31.8. The maximum atomic E-state index is 13.5. The van der Waals surface area contributed by atoms with Gasteiger partial charge in [0.25, 0.3) is 0 Å². The molecule has 0 aliphatic heterocycles. The Morgan fingerprint density at radius 1 is 1.05 bits per heavy atom. The van der Waals surface area contributed by atoms with Gasteiger partial charge in [-0.05, 0) is 42.8 Å². The normalized spacial score (nSPS) is 10.6. The molecule has 0 aromatic heterocycles. The standard InChI is InChI=1S/C17H19F2NO/c1-2-20-10-9-13-5-3-4-6-14(13)12-21-17-8-7-15(18)11-16(17)19/h3-8,11,20H,2,9-10,12H2,1H3. The summed E-state index contributed by atoms with van der Waals surface area (Å²) in [5.41, 5.74) is 2.18. The highest BCUT2D eigenvalue weighted by Crippen LogP contribution is 2.20. The summed E-state index contributed by atoms with van der Waals surface area (Å²) in [5, 5.41) is 3.27. The van der Waals surface area contributed by atoms with Gasteiger partial charge in [0, 0.05) is 6.07 Å². The molecule has 0 saturated heterocycles. The smallest absolute Gasteiger partial charge is 0.167 e. The molecule has 2 aromatic carbocycles. The summed E-state index contributed by atoms with van der Waals surface area (Å²) in [6.45, 7) is 4.15. The van der Waals surface area contributed by atoms with Crippen molar-refractivity contribution in [3.8, 4) is 5.75 Å². The minimum absolute atomic E-state index is 0.0675. The Kier molecular flexibility index (Phi) is 5.69. The highest BCUT2D eigenvalue weighted by Gasteiger charge is 2.07. The molecule has 0 atom stereocenters. The topological polar surface area (TPSA) is 21.3 Å². The number of rotatable bonds is 7. The van der Waals surface area contributed by atoms with Crippen molar-refractivity contribution in [2.45, 2.75) is 20.0 Å². The molecular formula is C17H19F2NO. The van der Waals surface area contributed by atoms with Crippen LogP contribution in [0.15, 0.2) is 42.5 Å². The van der Waals surface area contributed by atoms with Crippen LogP contribution < -0.4 is 10.1 Å². The second-order valence-corrected chi connectivity index (χ2v) is 4.74. The summed E-state index contributed by atoms with van der Waals surface area (Å²) >= 11 is 0. The van der Waals surface area contributed by atoms with Crippen molar-refractivity contribution in [3.63, 3.8) is 0 Å². The lowest BCUT2D eigenvalue weighted by Gasteiger charge is -2.12. The van der Waals surface area contributed by atoms with Crippen molar-refractivity contribution in [1.82, 2.24) is 5.32 Å². The number of halogens is 2. The van der Waals surface area contributed by atoms with Crippen LogP contribution in [0, 0.1) is 11.6 Å². The quantitative estimate of drug-likeness (QED) is 0.785. The number of benzene rings is 2. The van der Waals surface area contributed by atoms with Gasteiger partial charge in [-0.2, -0.15) is 0 Å². The first-order valence-electron chi connectivity index (χ1n) is 7.06. The van der Waals surface area contributed by atoms with E-state index < -0.39 is 11.6 Å². The van der Waals surface area contributed by atoms with Crippen LogP contribution in [-0.2, 0) is 13.0 Å². The molecule has 0 amide bonds. The SMILES string of the molecule is CCNCCc1ccccc1COc1ccc(F)cc1F. The minimum atomic E-state index is -0.680. The largest absolute Gasteiger partial charge is 0.486 e. The lowest BCUT2D eigenvalue weighted by atomic mass is 10.1. The second kappa shape index (κ2) is 7.74. The Morgan fingerprint density at radius 2 is 1.81 bits per heavy atom. The zero-order chi connectivity index (χ0) is 15.1. The van der Waals surface area contributed by atoms with E-state index in [1.54, 1.807) is 0 Å². The average molecular weight is 291 g/mol. The Hall–Kier alpha value is -1.94. The fourth-order valence-corrected chi connectivity index (χ4v) is 2.09. The molecule has 0 fully saturated rings. The molecule has 4 heteroatoms. The monoisotopic (exact) mass is 291 g/mol. The molecule has 2 aromatic rings. The van der Waals surface area contributed by atoms with Crippen LogP contribution in [0.4, 0.5) is 8.78 Å². The lowest BCUT2D eigenvalue weighted by molar-refractivity contribution is 0.288. The highest BCUT2D eigenvalue weighted by atomic mass is 19.1. The third-order valence-corrected chi connectivity index (χ3v) is 3.22. The van der Waals surface area contributed by atoms with Crippen LogP contribution in [0.3, 0.4) is 0 Å². The van der Waals surface area contributed by atoms with Gasteiger partial charge in [-0.3, -0.25) is 0 Å². The molecule has 2 rings (SSSR count). The summed E-state index contributed by atoms with van der Waals surface area (Å²) in [5.74, 6) is -1.22. The molecule has 2 nitrogen and oxygen atoms in total. The molecule has 0 saturated carbocycles. The maximum absolute atomic E-state index is 13.5. The van der Waals surface area contributed by atoms with Crippen molar-refractivity contribution in [1.29, 1.82) is 0 Å². The predicted molar refractivity (Wildman–Crippen MR) is 79.4 cm³/mol. The average Bonchev–Trinajstić information content (AvgIpc) is 2.48. The van der Waals surface area contributed by atoms with Crippen molar-refractivity contribution >= 4 is 0 Å². The van der Waals surface area contributed by atoms with E-state index in [-0.39, 0.29) is 12.4 Å². The fraction of sp³-hybridized carbons (Fsp3) is 0.294.